The van der Waals surface area contributed by atoms with Gasteiger partial charge in [-0.2, -0.15) is 0 Å². The zero-order valence-electron chi connectivity index (χ0n) is 11.3. The van der Waals surface area contributed by atoms with Gasteiger partial charge < -0.3 is 10.0 Å². The van der Waals surface area contributed by atoms with Crippen molar-refractivity contribution in [3.63, 3.8) is 0 Å². The van der Waals surface area contributed by atoms with E-state index >= 15 is 0 Å². The van der Waals surface area contributed by atoms with E-state index in [4.69, 9.17) is 0 Å². The number of carbonyl (C=O) groups is 1. The van der Waals surface area contributed by atoms with Crippen LogP contribution in [0.4, 0.5) is 5.69 Å². The van der Waals surface area contributed by atoms with E-state index in [1.165, 1.54) is 0 Å². The van der Waals surface area contributed by atoms with Crippen LogP contribution in [0.2, 0.25) is 0 Å². The highest BCUT2D eigenvalue weighted by Gasteiger charge is 2.17. The fraction of sp³-hybridized carbons (Fsp3) is 0.500. The molecule has 0 amide bonds. The van der Waals surface area contributed by atoms with E-state index in [2.05, 4.69) is 6.92 Å². The first-order chi connectivity index (χ1) is 8.61. The molecule has 0 bridgehead atoms. The molecular formula is C14H21NO2S. The number of hydrogen-bond donors (Lipinski definition) is 1. The van der Waals surface area contributed by atoms with E-state index in [1.807, 2.05) is 37.1 Å². The Morgan fingerprint density at radius 2 is 2.11 bits per heavy atom. The monoisotopic (exact) mass is 267 g/mol. The van der Waals surface area contributed by atoms with Gasteiger partial charge in [-0.1, -0.05) is 26.3 Å². The summed E-state index contributed by atoms with van der Waals surface area (Å²) >= 11 is 1.58. The fourth-order valence-electron chi connectivity index (χ4n) is 1.84. The molecule has 1 aromatic rings. The second-order valence-electron chi connectivity index (χ2n) is 4.16. The van der Waals surface area contributed by atoms with E-state index in [-0.39, 0.29) is 0 Å². The largest absolute Gasteiger partial charge is 0.478 e. The minimum absolute atomic E-state index is 0.433. The van der Waals surface area contributed by atoms with Crippen LogP contribution in [0.1, 0.15) is 37.0 Å². The lowest BCUT2D eigenvalue weighted by Gasteiger charge is -2.22. The van der Waals surface area contributed by atoms with Gasteiger partial charge in [-0.25, -0.2) is 4.79 Å². The van der Waals surface area contributed by atoms with Gasteiger partial charge in [0, 0.05) is 18.5 Å². The molecule has 0 aromatic heterocycles. The molecule has 4 heteroatoms. The van der Waals surface area contributed by atoms with E-state index in [0.29, 0.717) is 5.56 Å². The molecule has 100 valence electrons. The van der Waals surface area contributed by atoms with Crippen LogP contribution in [0.3, 0.4) is 0 Å². The molecule has 0 aliphatic carbocycles. The number of carboxylic acid groups (broad SMARTS) is 1. The lowest BCUT2D eigenvalue weighted by atomic mass is 10.1. The molecule has 0 saturated carbocycles. The first-order valence-corrected chi connectivity index (χ1v) is 7.30. The Labute approximate surface area is 113 Å². The Hall–Kier alpha value is -1.16. The van der Waals surface area contributed by atoms with Crippen LogP contribution >= 0.6 is 11.8 Å². The summed E-state index contributed by atoms with van der Waals surface area (Å²) in [6.07, 6.45) is 2.18. The molecule has 1 rings (SSSR count). The highest BCUT2D eigenvalue weighted by Crippen LogP contribution is 2.30. The number of hydrogen-bond acceptors (Lipinski definition) is 3. The standard InChI is InChI=1S/C14H21NO2S/c1-4-6-10-15(3)11-8-7-9-12(18-5-2)13(11)14(16)17/h7-9H,4-6,10H2,1-3H3,(H,16,17). The first-order valence-electron chi connectivity index (χ1n) is 6.32. The quantitative estimate of drug-likeness (QED) is 0.764. The van der Waals surface area contributed by atoms with Crippen LogP contribution in [0.5, 0.6) is 0 Å². The molecule has 0 unspecified atom stereocenters. The molecule has 0 heterocycles. The van der Waals surface area contributed by atoms with Crippen LogP contribution in [0, 0.1) is 0 Å². The Kier molecular flexibility index (Phi) is 6.05. The Morgan fingerprint density at radius 3 is 2.67 bits per heavy atom. The number of carboxylic acids is 1. The fourth-order valence-corrected chi connectivity index (χ4v) is 2.67. The average molecular weight is 267 g/mol. The maximum absolute atomic E-state index is 11.5. The van der Waals surface area contributed by atoms with Crippen molar-refractivity contribution in [1.29, 1.82) is 0 Å². The zero-order valence-corrected chi connectivity index (χ0v) is 12.1. The molecule has 1 N–H and O–H groups in total. The molecular weight excluding hydrogens is 246 g/mol. The molecule has 0 aliphatic heterocycles. The summed E-state index contributed by atoms with van der Waals surface area (Å²) in [5, 5.41) is 9.41. The van der Waals surface area contributed by atoms with Crippen molar-refractivity contribution in [2.45, 2.75) is 31.6 Å². The van der Waals surface area contributed by atoms with Crippen molar-refractivity contribution in [1.82, 2.24) is 0 Å². The maximum Gasteiger partial charge on any atom is 0.338 e. The third-order valence-corrected chi connectivity index (χ3v) is 3.72. The predicted octanol–water partition coefficient (Wildman–Crippen LogP) is 3.73. The van der Waals surface area contributed by atoms with Crippen molar-refractivity contribution in [3.8, 4) is 0 Å². The maximum atomic E-state index is 11.5. The van der Waals surface area contributed by atoms with E-state index in [9.17, 15) is 9.90 Å². The van der Waals surface area contributed by atoms with Crippen LogP contribution in [0.15, 0.2) is 23.1 Å². The molecule has 0 atom stereocenters. The predicted molar refractivity (Wildman–Crippen MR) is 78.0 cm³/mol. The summed E-state index contributed by atoms with van der Waals surface area (Å²) < 4.78 is 0. The van der Waals surface area contributed by atoms with Gasteiger partial charge in [-0.05, 0) is 24.3 Å². The molecule has 3 nitrogen and oxygen atoms in total. The molecule has 0 aliphatic rings. The normalized spacial score (nSPS) is 10.4. The summed E-state index contributed by atoms with van der Waals surface area (Å²) in [6.45, 7) is 5.05. The van der Waals surface area contributed by atoms with Crippen molar-refractivity contribution in [2.24, 2.45) is 0 Å². The summed E-state index contributed by atoms with van der Waals surface area (Å²) in [4.78, 5) is 14.3. The average Bonchev–Trinajstić information content (AvgIpc) is 2.35. The van der Waals surface area contributed by atoms with Gasteiger partial charge in [0.15, 0.2) is 0 Å². The third kappa shape index (κ3) is 3.67. The minimum atomic E-state index is -0.843. The van der Waals surface area contributed by atoms with Crippen molar-refractivity contribution >= 4 is 23.4 Å². The SMILES string of the molecule is CCCCN(C)c1cccc(SCC)c1C(=O)O. The Balaban J connectivity index is 3.09. The number of thioether (sulfide) groups is 1. The Morgan fingerprint density at radius 1 is 1.39 bits per heavy atom. The summed E-state index contributed by atoms with van der Waals surface area (Å²) in [6, 6.07) is 5.70. The third-order valence-electron chi connectivity index (χ3n) is 2.78. The molecule has 0 spiro atoms. The number of anilines is 1. The topological polar surface area (TPSA) is 40.5 Å². The number of benzene rings is 1. The minimum Gasteiger partial charge on any atom is -0.478 e. The summed E-state index contributed by atoms with van der Waals surface area (Å²) in [7, 11) is 1.96. The lowest BCUT2D eigenvalue weighted by molar-refractivity contribution is 0.0694. The van der Waals surface area contributed by atoms with E-state index in [0.717, 1.165) is 35.7 Å². The van der Waals surface area contributed by atoms with Crippen LogP contribution in [-0.2, 0) is 0 Å². The highest BCUT2D eigenvalue weighted by molar-refractivity contribution is 7.99. The number of rotatable bonds is 7. The number of unbranched alkanes of at least 4 members (excludes halogenated alkanes) is 1. The van der Waals surface area contributed by atoms with Crippen molar-refractivity contribution in [2.75, 3.05) is 24.2 Å². The molecule has 1 aromatic carbocycles. The van der Waals surface area contributed by atoms with Crippen LogP contribution in [0.25, 0.3) is 0 Å². The van der Waals surface area contributed by atoms with Crippen molar-refractivity contribution < 1.29 is 9.90 Å². The van der Waals surface area contributed by atoms with Crippen LogP contribution < -0.4 is 4.90 Å². The van der Waals surface area contributed by atoms with Gasteiger partial charge in [-0.3, -0.25) is 0 Å². The Bertz CT molecular complexity index is 407. The van der Waals surface area contributed by atoms with Crippen LogP contribution in [-0.4, -0.2) is 30.4 Å². The van der Waals surface area contributed by atoms with E-state index < -0.39 is 5.97 Å². The molecule has 18 heavy (non-hydrogen) atoms. The second kappa shape index (κ2) is 7.31. The molecule has 0 radical (unpaired) electrons. The zero-order chi connectivity index (χ0) is 13.5. The molecule has 0 saturated heterocycles. The first kappa shape index (κ1) is 14.9. The van der Waals surface area contributed by atoms with Gasteiger partial charge >= 0.3 is 5.97 Å². The van der Waals surface area contributed by atoms with E-state index in [1.54, 1.807) is 11.8 Å². The second-order valence-corrected chi connectivity index (χ2v) is 5.47. The van der Waals surface area contributed by atoms with Crippen molar-refractivity contribution in [3.05, 3.63) is 23.8 Å². The van der Waals surface area contributed by atoms with Gasteiger partial charge in [0.05, 0.1) is 11.3 Å². The smallest absolute Gasteiger partial charge is 0.338 e. The van der Waals surface area contributed by atoms with Gasteiger partial charge in [0.2, 0.25) is 0 Å². The number of nitrogens with zero attached hydrogens (tertiary/aromatic N) is 1. The van der Waals surface area contributed by atoms with Gasteiger partial charge in [-0.15, -0.1) is 11.8 Å². The molecule has 0 fully saturated rings. The van der Waals surface area contributed by atoms with Gasteiger partial charge in [0.25, 0.3) is 0 Å². The van der Waals surface area contributed by atoms with Gasteiger partial charge in [0.1, 0.15) is 0 Å². The lowest BCUT2D eigenvalue weighted by Crippen LogP contribution is -2.21. The highest BCUT2D eigenvalue weighted by atomic mass is 32.2. The number of aromatic carboxylic acids is 1. The summed E-state index contributed by atoms with van der Waals surface area (Å²) in [5.74, 6) is 0.0347. The summed E-state index contributed by atoms with van der Waals surface area (Å²) in [5.41, 5.74) is 1.25.